The highest BCUT2D eigenvalue weighted by Gasteiger charge is 2.00. The van der Waals surface area contributed by atoms with Gasteiger partial charge in [0.1, 0.15) is 5.75 Å². The Hall–Kier alpha value is -2.53. The Kier molecular flexibility index (Phi) is 3.78. The number of methoxy groups -OCH3 is 1. The van der Waals surface area contributed by atoms with E-state index in [-0.39, 0.29) is 0 Å². The maximum Gasteiger partial charge on any atom is 0.119 e. The monoisotopic (exact) mass is 235 g/mol. The number of ether oxygens (including phenoxy) is 1. The molecule has 0 radical (unpaired) electrons. The van der Waals surface area contributed by atoms with Crippen LogP contribution in [0.15, 0.2) is 54.6 Å². The van der Waals surface area contributed by atoms with E-state index in [9.17, 15) is 5.26 Å². The lowest BCUT2D eigenvalue weighted by atomic mass is 10.0. The van der Waals surface area contributed by atoms with Crippen molar-refractivity contribution in [3.63, 3.8) is 0 Å². The van der Waals surface area contributed by atoms with Gasteiger partial charge in [-0.3, -0.25) is 0 Å². The highest BCUT2D eigenvalue weighted by atomic mass is 16.5. The quantitative estimate of drug-likeness (QED) is 0.599. The molecule has 0 saturated carbocycles. The molecular weight excluding hydrogens is 222 g/mol. The van der Waals surface area contributed by atoms with E-state index >= 15 is 0 Å². The van der Waals surface area contributed by atoms with Gasteiger partial charge < -0.3 is 4.74 Å². The Balaban J connectivity index is 2.39. The molecule has 0 unspecified atom stereocenters. The summed E-state index contributed by atoms with van der Waals surface area (Å²) >= 11 is 0. The van der Waals surface area contributed by atoms with Gasteiger partial charge in [-0.2, -0.15) is 5.26 Å². The van der Waals surface area contributed by atoms with Crippen LogP contribution in [0.5, 0.6) is 5.75 Å². The molecule has 0 amide bonds. The van der Waals surface area contributed by atoms with Gasteiger partial charge in [-0.15, -0.1) is 0 Å². The van der Waals surface area contributed by atoms with Gasteiger partial charge in [-0.25, -0.2) is 0 Å². The highest BCUT2D eigenvalue weighted by Crippen LogP contribution is 2.20. The SMILES string of the molecule is COc1cccc(/C=C(\C#N)c2ccccc2)c1. The van der Waals surface area contributed by atoms with Crippen LogP contribution >= 0.6 is 0 Å². The third kappa shape index (κ3) is 2.78. The number of nitrogens with zero attached hydrogens (tertiary/aromatic N) is 1. The van der Waals surface area contributed by atoms with Crippen molar-refractivity contribution in [2.75, 3.05) is 7.11 Å². The summed E-state index contributed by atoms with van der Waals surface area (Å²) in [5.74, 6) is 0.786. The molecule has 0 aliphatic heterocycles. The predicted octanol–water partition coefficient (Wildman–Crippen LogP) is 3.76. The zero-order valence-electron chi connectivity index (χ0n) is 10.1. The second kappa shape index (κ2) is 5.70. The van der Waals surface area contributed by atoms with Crippen LogP contribution in [0.25, 0.3) is 11.6 Å². The van der Waals surface area contributed by atoms with Crippen molar-refractivity contribution < 1.29 is 4.74 Å². The van der Waals surface area contributed by atoms with E-state index in [1.54, 1.807) is 7.11 Å². The fourth-order valence-electron chi connectivity index (χ4n) is 1.70. The zero-order valence-corrected chi connectivity index (χ0v) is 10.1. The third-order valence-electron chi connectivity index (χ3n) is 2.61. The molecule has 2 heteroatoms. The van der Waals surface area contributed by atoms with Crippen LogP contribution < -0.4 is 4.74 Å². The van der Waals surface area contributed by atoms with Crippen LogP contribution in [-0.2, 0) is 0 Å². The Bertz CT molecular complexity index is 594. The van der Waals surface area contributed by atoms with Crippen molar-refractivity contribution in [1.82, 2.24) is 0 Å². The molecule has 0 atom stereocenters. The molecule has 0 heterocycles. The Morgan fingerprint density at radius 3 is 2.56 bits per heavy atom. The summed E-state index contributed by atoms with van der Waals surface area (Å²) in [5, 5.41) is 9.22. The Morgan fingerprint density at radius 2 is 1.89 bits per heavy atom. The van der Waals surface area contributed by atoms with Gasteiger partial charge in [-0.05, 0) is 29.3 Å². The predicted molar refractivity (Wildman–Crippen MR) is 72.9 cm³/mol. The maximum atomic E-state index is 9.22. The van der Waals surface area contributed by atoms with Crippen LogP contribution in [0.2, 0.25) is 0 Å². The molecule has 2 nitrogen and oxygen atoms in total. The first-order chi connectivity index (χ1) is 8.83. The van der Waals surface area contributed by atoms with E-state index in [0.717, 1.165) is 16.9 Å². The first kappa shape index (κ1) is 11.9. The van der Waals surface area contributed by atoms with Gasteiger partial charge in [0.15, 0.2) is 0 Å². The number of hydrogen-bond acceptors (Lipinski definition) is 2. The molecule has 0 fully saturated rings. The molecule has 0 aliphatic rings. The summed E-state index contributed by atoms with van der Waals surface area (Å²) in [6.45, 7) is 0. The van der Waals surface area contributed by atoms with Gasteiger partial charge in [0.2, 0.25) is 0 Å². The smallest absolute Gasteiger partial charge is 0.119 e. The molecule has 88 valence electrons. The number of benzene rings is 2. The molecule has 2 rings (SSSR count). The fraction of sp³-hybridized carbons (Fsp3) is 0.0625. The van der Waals surface area contributed by atoms with E-state index in [1.165, 1.54) is 0 Å². The van der Waals surface area contributed by atoms with Crippen molar-refractivity contribution in [2.24, 2.45) is 0 Å². The van der Waals surface area contributed by atoms with E-state index < -0.39 is 0 Å². The highest BCUT2D eigenvalue weighted by molar-refractivity contribution is 5.89. The summed E-state index contributed by atoms with van der Waals surface area (Å²) < 4.78 is 5.16. The molecule has 0 saturated heterocycles. The summed E-state index contributed by atoms with van der Waals surface area (Å²) in [6, 6.07) is 19.5. The molecule has 2 aromatic carbocycles. The van der Waals surface area contributed by atoms with Crippen LogP contribution in [-0.4, -0.2) is 7.11 Å². The number of allylic oxidation sites excluding steroid dienone is 1. The van der Waals surface area contributed by atoms with E-state index in [1.807, 2.05) is 60.7 Å². The van der Waals surface area contributed by atoms with E-state index in [2.05, 4.69) is 6.07 Å². The van der Waals surface area contributed by atoms with Crippen molar-refractivity contribution in [1.29, 1.82) is 5.26 Å². The van der Waals surface area contributed by atoms with E-state index in [0.29, 0.717) is 5.57 Å². The molecular formula is C16H13NO. The molecule has 0 aliphatic carbocycles. The average Bonchev–Trinajstić information content (AvgIpc) is 2.46. The molecule has 0 aromatic heterocycles. The maximum absolute atomic E-state index is 9.22. The number of nitriles is 1. The molecule has 0 spiro atoms. The summed E-state index contributed by atoms with van der Waals surface area (Å²) in [7, 11) is 1.63. The minimum absolute atomic E-state index is 0.642. The normalized spacial score (nSPS) is 10.8. The van der Waals surface area contributed by atoms with Crippen molar-refractivity contribution >= 4 is 11.6 Å². The third-order valence-corrected chi connectivity index (χ3v) is 2.61. The average molecular weight is 235 g/mol. The Labute approximate surface area is 107 Å². The van der Waals surface area contributed by atoms with Gasteiger partial charge >= 0.3 is 0 Å². The second-order valence-corrected chi connectivity index (χ2v) is 3.81. The van der Waals surface area contributed by atoms with Crippen LogP contribution in [0.1, 0.15) is 11.1 Å². The van der Waals surface area contributed by atoms with Crippen LogP contribution in [0, 0.1) is 11.3 Å². The van der Waals surface area contributed by atoms with Gasteiger partial charge in [0.05, 0.1) is 18.8 Å². The van der Waals surface area contributed by atoms with Gasteiger partial charge in [-0.1, -0.05) is 42.5 Å². The summed E-state index contributed by atoms with van der Waals surface area (Å²) in [4.78, 5) is 0. The summed E-state index contributed by atoms with van der Waals surface area (Å²) in [5.41, 5.74) is 2.52. The molecule has 2 aromatic rings. The topological polar surface area (TPSA) is 33.0 Å². The molecule has 18 heavy (non-hydrogen) atoms. The van der Waals surface area contributed by atoms with E-state index in [4.69, 9.17) is 4.74 Å². The largest absolute Gasteiger partial charge is 0.497 e. The molecule has 0 N–H and O–H groups in total. The minimum atomic E-state index is 0.642. The first-order valence-electron chi connectivity index (χ1n) is 5.65. The Morgan fingerprint density at radius 1 is 1.11 bits per heavy atom. The van der Waals surface area contributed by atoms with Crippen molar-refractivity contribution in [3.8, 4) is 11.8 Å². The van der Waals surface area contributed by atoms with Gasteiger partial charge in [0, 0.05) is 0 Å². The standard InChI is InChI=1S/C16H13NO/c1-18-16-9-5-6-13(11-16)10-15(12-17)14-7-3-2-4-8-14/h2-11H,1H3/b15-10+. The lowest BCUT2D eigenvalue weighted by Crippen LogP contribution is -1.84. The van der Waals surface area contributed by atoms with Gasteiger partial charge in [0.25, 0.3) is 0 Å². The lowest BCUT2D eigenvalue weighted by Gasteiger charge is -2.02. The lowest BCUT2D eigenvalue weighted by molar-refractivity contribution is 0.414. The summed E-state index contributed by atoms with van der Waals surface area (Å²) in [6.07, 6.45) is 1.86. The van der Waals surface area contributed by atoms with Crippen molar-refractivity contribution in [3.05, 3.63) is 65.7 Å². The van der Waals surface area contributed by atoms with Crippen LogP contribution in [0.4, 0.5) is 0 Å². The number of hydrogen-bond donors (Lipinski definition) is 0. The van der Waals surface area contributed by atoms with Crippen LogP contribution in [0.3, 0.4) is 0 Å². The van der Waals surface area contributed by atoms with Crippen molar-refractivity contribution in [2.45, 2.75) is 0 Å². The minimum Gasteiger partial charge on any atom is -0.497 e. The fourth-order valence-corrected chi connectivity index (χ4v) is 1.70. The zero-order chi connectivity index (χ0) is 12.8. The number of rotatable bonds is 3. The molecule has 0 bridgehead atoms. The first-order valence-corrected chi connectivity index (χ1v) is 5.65. The second-order valence-electron chi connectivity index (χ2n) is 3.81.